The fourth-order valence-electron chi connectivity index (χ4n) is 4.59. The van der Waals surface area contributed by atoms with Crippen LogP contribution < -0.4 is 5.69 Å². The fourth-order valence-corrected chi connectivity index (χ4v) is 4.59. The van der Waals surface area contributed by atoms with Gasteiger partial charge in [-0.15, -0.1) is 0 Å². The third-order valence-electron chi connectivity index (χ3n) is 6.28. The van der Waals surface area contributed by atoms with Crippen LogP contribution in [0.3, 0.4) is 0 Å². The van der Waals surface area contributed by atoms with E-state index >= 15 is 0 Å². The van der Waals surface area contributed by atoms with Crippen LogP contribution in [0.5, 0.6) is 0 Å². The number of benzene rings is 2. The van der Waals surface area contributed by atoms with Gasteiger partial charge in [0.05, 0.1) is 24.2 Å². The zero-order valence-corrected chi connectivity index (χ0v) is 20.4. The molecule has 5 nitrogen and oxygen atoms in total. The number of allylic oxidation sites excluding steroid dienone is 3. The van der Waals surface area contributed by atoms with E-state index < -0.39 is 0 Å². The molecule has 0 unspecified atom stereocenters. The molecule has 1 aliphatic heterocycles. The predicted octanol–water partition coefficient (Wildman–Crippen LogP) is 5.26. The smallest absolute Gasteiger partial charge is 0.326 e. The lowest BCUT2D eigenvalue weighted by molar-refractivity contribution is 0.0369. The first-order valence-corrected chi connectivity index (χ1v) is 12.1. The van der Waals surface area contributed by atoms with Crippen LogP contribution in [-0.4, -0.2) is 47.3 Å². The van der Waals surface area contributed by atoms with Gasteiger partial charge in [-0.05, 0) is 79.3 Å². The molecule has 0 saturated carbocycles. The number of hydrogen-bond donors (Lipinski definition) is 1. The molecule has 1 fully saturated rings. The number of halogens is 1. The number of rotatable bonds is 8. The summed E-state index contributed by atoms with van der Waals surface area (Å²) >= 11 is 0. The van der Waals surface area contributed by atoms with Gasteiger partial charge in [-0.2, -0.15) is 0 Å². The SMILES string of the molecule is CCc1cc(F)ccc1/C(C=C(C)C)=C/c1ccc2c(c1)[nH]c(=O)n2CCCN1CCOCC1. The van der Waals surface area contributed by atoms with Gasteiger partial charge in [-0.3, -0.25) is 9.47 Å². The Morgan fingerprint density at radius 1 is 1.12 bits per heavy atom. The van der Waals surface area contributed by atoms with Crippen molar-refractivity contribution in [1.82, 2.24) is 14.5 Å². The summed E-state index contributed by atoms with van der Waals surface area (Å²) in [6, 6.07) is 11.0. The summed E-state index contributed by atoms with van der Waals surface area (Å²) in [4.78, 5) is 18.1. The highest BCUT2D eigenvalue weighted by molar-refractivity contribution is 5.91. The van der Waals surface area contributed by atoms with Crippen LogP contribution in [0.1, 0.15) is 43.9 Å². The lowest BCUT2D eigenvalue weighted by atomic mass is 9.94. The summed E-state index contributed by atoms with van der Waals surface area (Å²) in [6.07, 6.45) is 5.90. The monoisotopic (exact) mass is 463 g/mol. The Morgan fingerprint density at radius 3 is 2.65 bits per heavy atom. The van der Waals surface area contributed by atoms with Gasteiger partial charge >= 0.3 is 5.69 Å². The van der Waals surface area contributed by atoms with Crippen molar-refractivity contribution in [2.75, 3.05) is 32.8 Å². The van der Waals surface area contributed by atoms with E-state index in [2.05, 4.69) is 35.9 Å². The number of imidazole rings is 1. The lowest BCUT2D eigenvalue weighted by Crippen LogP contribution is -2.37. The molecular formula is C28H34FN3O2. The zero-order valence-electron chi connectivity index (χ0n) is 20.4. The molecule has 0 spiro atoms. The van der Waals surface area contributed by atoms with Crippen molar-refractivity contribution in [1.29, 1.82) is 0 Å². The Hall–Kier alpha value is -2.96. The van der Waals surface area contributed by atoms with Gasteiger partial charge in [0.1, 0.15) is 5.82 Å². The number of nitrogens with one attached hydrogen (secondary N) is 1. The van der Waals surface area contributed by atoms with Gasteiger partial charge in [0.25, 0.3) is 0 Å². The lowest BCUT2D eigenvalue weighted by Gasteiger charge is -2.26. The predicted molar refractivity (Wildman–Crippen MR) is 138 cm³/mol. The minimum atomic E-state index is -0.217. The topological polar surface area (TPSA) is 50.3 Å². The molecule has 3 aromatic rings. The van der Waals surface area contributed by atoms with Gasteiger partial charge in [-0.25, -0.2) is 9.18 Å². The summed E-state index contributed by atoms with van der Waals surface area (Å²) < 4.78 is 21.1. The molecule has 4 rings (SSSR count). The number of morpholine rings is 1. The minimum Gasteiger partial charge on any atom is -0.379 e. The second kappa shape index (κ2) is 11.0. The van der Waals surface area contributed by atoms with Crippen LogP contribution >= 0.6 is 0 Å². The number of aromatic nitrogens is 2. The normalized spacial score (nSPS) is 15.1. The van der Waals surface area contributed by atoms with Gasteiger partial charge < -0.3 is 9.72 Å². The van der Waals surface area contributed by atoms with Crippen molar-refractivity contribution in [3.8, 4) is 0 Å². The number of fused-ring (bicyclic) bond motifs is 1. The third kappa shape index (κ3) is 5.75. The largest absolute Gasteiger partial charge is 0.379 e. The number of hydrogen-bond acceptors (Lipinski definition) is 3. The van der Waals surface area contributed by atoms with Crippen molar-refractivity contribution in [3.05, 3.63) is 81.0 Å². The van der Waals surface area contributed by atoms with Crippen molar-refractivity contribution < 1.29 is 9.13 Å². The maximum Gasteiger partial charge on any atom is 0.326 e. The van der Waals surface area contributed by atoms with E-state index in [0.29, 0.717) is 6.54 Å². The Labute approximate surface area is 200 Å². The van der Waals surface area contributed by atoms with Crippen LogP contribution in [0.15, 0.2) is 52.8 Å². The number of H-pyrrole nitrogens is 1. The highest BCUT2D eigenvalue weighted by atomic mass is 19.1. The summed E-state index contributed by atoms with van der Waals surface area (Å²) in [5.41, 5.74) is 6.87. The quantitative estimate of drug-likeness (QED) is 0.366. The van der Waals surface area contributed by atoms with Crippen LogP contribution in [-0.2, 0) is 17.7 Å². The molecule has 1 N–H and O–H groups in total. The first-order chi connectivity index (χ1) is 16.4. The number of aryl methyl sites for hydroxylation is 2. The molecule has 0 bridgehead atoms. The van der Waals surface area contributed by atoms with E-state index in [9.17, 15) is 9.18 Å². The Morgan fingerprint density at radius 2 is 1.91 bits per heavy atom. The Balaban J connectivity index is 1.61. The number of aromatic amines is 1. The molecule has 0 amide bonds. The average molecular weight is 464 g/mol. The molecule has 0 aliphatic carbocycles. The summed E-state index contributed by atoms with van der Waals surface area (Å²) in [5.74, 6) is -0.217. The highest BCUT2D eigenvalue weighted by Gasteiger charge is 2.12. The van der Waals surface area contributed by atoms with Gasteiger partial charge in [0, 0.05) is 26.2 Å². The first kappa shape index (κ1) is 24.2. The summed E-state index contributed by atoms with van der Waals surface area (Å²) in [5, 5.41) is 0. The van der Waals surface area contributed by atoms with Crippen LogP contribution in [0.25, 0.3) is 22.7 Å². The van der Waals surface area contributed by atoms with E-state index in [4.69, 9.17) is 4.74 Å². The minimum absolute atomic E-state index is 0.0746. The maximum absolute atomic E-state index is 13.8. The molecule has 2 heterocycles. The average Bonchev–Trinajstić information content (AvgIpc) is 3.13. The first-order valence-electron chi connectivity index (χ1n) is 12.1. The van der Waals surface area contributed by atoms with Crippen LogP contribution in [0.2, 0.25) is 0 Å². The van der Waals surface area contributed by atoms with Gasteiger partial charge in [0.15, 0.2) is 0 Å². The molecule has 1 saturated heterocycles. The number of nitrogens with zero attached hydrogens (tertiary/aromatic N) is 2. The van der Waals surface area contributed by atoms with Gasteiger partial charge in [-0.1, -0.05) is 30.7 Å². The standard InChI is InChI=1S/C28H34FN3O2/c1-4-22-19-24(29)7-8-25(22)23(16-20(2)3)17-21-6-9-27-26(18-21)30-28(33)32(27)11-5-10-31-12-14-34-15-13-31/h6-9,16-19H,4-5,10-15H2,1-3H3,(H,30,33)/b23-17+. The summed E-state index contributed by atoms with van der Waals surface area (Å²) in [6.45, 7) is 11.3. The van der Waals surface area contributed by atoms with Crippen molar-refractivity contribution in [2.24, 2.45) is 0 Å². The second-order valence-corrected chi connectivity index (χ2v) is 9.14. The molecule has 1 aromatic heterocycles. The molecule has 2 aromatic carbocycles. The van der Waals surface area contributed by atoms with E-state index in [1.807, 2.05) is 35.8 Å². The number of ether oxygens (including phenoxy) is 1. The van der Waals surface area contributed by atoms with Crippen LogP contribution in [0, 0.1) is 5.82 Å². The zero-order chi connectivity index (χ0) is 24.1. The molecule has 6 heteroatoms. The van der Waals surface area contributed by atoms with Crippen LogP contribution in [0.4, 0.5) is 4.39 Å². The van der Waals surface area contributed by atoms with Crippen molar-refractivity contribution in [2.45, 2.75) is 40.2 Å². The Kier molecular flexibility index (Phi) is 7.80. The second-order valence-electron chi connectivity index (χ2n) is 9.14. The molecular weight excluding hydrogens is 429 g/mol. The van der Waals surface area contributed by atoms with Gasteiger partial charge in [0.2, 0.25) is 0 Å². The molecule has 34 heavy (non-hydrogen) atoms. The van der Waals surface area contributed by atoms with E-state index in [-0.39, 0.29) is 11.5 Å². The van der Waals surface area contributed by atoms with Crippen molar-refractivity contribution in [3.63, 3.8) is 0 Å². The highest BCUT2D eigenvalue weighted by Crippen LogP contribution is 2.27. The molecule has 0 radical (unpaired) electrons. The fraction of sp³-hybridized carbons (Fsp3) is 0.393. The Bertz CT molecular complexity index is 1260. The van der Waals surface area contributed by atoms with Crippen molar-refractivity contribution >= 4 is 22.7 Å². The third-order valence-corrected chi connectivity index (χ3v) is 6.28. The molecule has 0 atom stereocenters. The maximum atomic E-state index is 13.8. The molecule has 180 valence electrons. The molecule has 1 aliphatic rings. The van der Waals surface area contributed by atoms with E-state index in [1.54, 1.807) is 6.07 Å². The van der Waals surface area contributed by atoms with E-state index in [1.165, 1.54) is 11.6 Å². The summed E-state index contributed by atoms with van der Waals surface area (Å²) in [7, 11) is 0. The van der Waals surface area contributed by atoms with E-state index in [0.717, 1.165) is 79.0 Å².